The standard InChI is InChI=1S/C12H12F3NS/c1-7(16-2)11-6-8-9(12(13,14)15)4-3-5-10(8)17-11/h3-7,16H,1-2H3. The molecule has 1 N–H and O–H groups in total. The maximum atomic E-state index is 12.8. The van der Waals surface area contributed by atoms with Crippen LogP contribution in [-0.2, 0) is 6.18 Å². The Morgan fingerprint density at radius 1 is 1.29 bits per heavy atom. The maximum Gasteiger partial charge on any atom is 0.417 e. The Kier molecular flexibility index (Phi) is 3.14. The first-order chi connectivity index (χ1) is 7.93. The van der Waals surface area contributed by atoms with Crippen molar-refractivity contribution in [2.45, 2.75) is 19.1 Å². The summed E-state index contributed by atoms with van der Waals surface area (Å²) in [5.74, 6) is 0. The van der Waals surface area contributed by atoms with Gasteiger partial charge in [0.05, 0.1) is 5.56 Å². The number of hydrogen-bond donors (Lipinski definition) is 1. The number of rotatable bonds is 2. The molecule has 0 saturated carbocycles. The number of hydrogen-bond acceptors (Lipinski definition) is 2. The average molecular weight is 259 g/mol. The Morgan fingerprint density at radius 2 is 2.00 bits per heavy atom. The molecule has 1 unspecified atom stereocenters. The molecule has 1 aromatic carbocycles. The molecular formula is C12H12F3NS. The Morgan fingerprint density at radius 3 is 2.59 bits per heavy atom. The zero-order chi connectivity index (χ0) is 12.6. The highest BCUT2D eigenvalue weighted by atomic mass is 32.1. The normalized spacial score (nSPS) is 14.2. The third-order valence-corrected chi connectivity index (χ3v) is 4.03. The summed E-state index contributed by atoms with van der Waals surface area (Å²) >= 11 is 1.40. The number of halogens is 3. The van der Waals surface area contributed by atoms with Crippen molar-refractivity contribution in [1.29, 1.82) is 0 Å². The monoisotopic (exact) mass is 259 g/mol. The van der Waals surface area contributed by atoms with E-state index >= 15 is 0 Å². The van der Waals surface area contributed by atoms with E-state index in [0.29, 0.717) is 10.1 Å². The van der Waals surface area contributed by atoms with Gasteiger partial charge < -0.3 is 5.32 Å². The molecule has 0 saturated heterocycles. The molecule has 2 rings (SSSR count). The number of benzene rings is 1. The number of thiophene rings is 1. The zero-order valence-corrected chi connectivity index (χ0v) is 10.2. The van der Waals surface area contributed by atoms with Crippen LogP contribution in [0.3, 0.4) is 0 Å². The summed E-state index contributed by atoms with van der Waals surface area (Å²) in [6.07, 6.45) is -4.29. The average Bonchev–Trinajstić information content (AvgIpc) is 2.69. The molecule has 2 aromatic rings. The quantitative estimate of drug-likeness (QED) is 0.852. The summed E-state index contributed by atoms with van der Waals surface area (Å²) in [4.78, 5) is 0.916. The molecule has 0 aliphatic carbocycles. The fourth-order valence-corrected chi connectivity index (χ4v) is 2.83. The lowest BCUT2D eigenvalue weighted by Crippen LogP contribution is -2.10. The van der Waals surface area contributed by atoms with Gasteiger partial charge in [-0.05, 0) is 32.2 Å². The molecule has 0 spiro atoms. The van der Waals surface area contributed by atoms with Crippen LogP contribution in [-0.4, -0.2) is 7.05 Å². The van der Waals surface area contributed by atoms with E-state index in [9.17, 15) is 13.2 Å². The number of nitrogens with one attached hydrogen (secondary N) is 1. The zero-order valence-electron chi connectivity index (χ0n) is 9.43. The van der Waals surface area contributed by atoms with E-state index < -0.39 is 11.7 Å². The van der Waals surface area contributed by atoms with Crippen molar-refractivity contribution in [1.82, 2.24) is 5.32 Å². The minimum atomic E-state index is -4.29. The Balaban J connectivity index is 2.61. The Labute approximate surface area is 101 Å². The van der Waals surface area contributed by atoms with Crippen molar-refractivity contribution >= 4 is 21.4 Å². The van der Waals surface area contributed by atoms with Gasteiger partial charge in [0, 0.05) is 21.0 Å². The van der Waals surface area contributed by atoms with Gasteiger partial charge in [0.25, 0.3) is 0 Å². The highest BCUT2D eigenvalue weighted by molar-refractivity contribution is 7.19. The molecule has 5 heteroatoms. The summed E-state index contributed by atoms with van der Waals surface area (Å²) in [7, 11) is 1.79. The minimum Gasteiger partial charge on any atom is -0.313 e. The van der Waals surface area contributed by atoms with E-state index in [0.717, 1.165) is 10.9 Å². The molecule has 0 amide bonds. The summed E-state index contributed by atoms with van der Waals surface area (Å²) in [6.45, 7) is 1.93. The summed E-state index contributed by atoms with van der Waals surface area (Å²) in [5.41, 5.74) is -0.555. The van der Waals surface area contributed by atoms with E-state index in [1.807, 2.05) is 6.92 Å². The minimum absolute atomic E-state index is 0.0634. The van der Waals surface area contributed by atoms with E-state index in [1.54, 1.807) is 19.2 Å². The lowest BCUT2D eigenvalue weighted by molar-refractivity contribution is -0.136. The van der Waals surface area contributed by atoms with Gasteiger partial charge in [0.2, 0.25) is 0 Å². The third kappa shape index (κ3) is 2.30. The van der Waals surface area contributed by atoms with Crippen LogP contribution in [0.25, 0.3) is 10.1 Å². The topological polar surface area (TPSA) is 12.0 Å². The van der Waals surface area contributed by atoms with Crippen LogP contribution < -0.4 is 5.32 Å². The van der Waals surface area contributed by atoms with Crippen molar-refractivity contribution in [3.05, 3.63) is 34.7 Å². The van der Waals surface area contributed by atoms with Gasteiger partial charge in [-0.3, -0.25) is 0 Å². The first kappa shape index (κ1) is 12.4. The fraction of sp³-hybridized carbons (Fsp3) is 0.333. The van der Waals surface area contributed by atoms with E-state index in [-0.39, 0.29) is 6.04 Å². The molecule has 1 nitrogen and oxygen atoms in total. The van der Waals surface area contributed by atoms with E-state index in [4.69, 9.17) is 0 Å². The number of fused-ring (bicyclic) bond motifs is 1. The second kappa shape index (κ2) is 4.31. The highest BCUT2D eigenvalue weighted by Crippen LogP contribution is 2.39. The molecule has 1 aromatic heterocycles. The Hall–Kier alpha value is -1.07. The summed E-state index contributed by atoms with van der Waals surface area (Å²) in [6, 6.07) is 6.00. The first-order valence-electron chi connectivity index (χ1n) is 5.20. The second-order valence-corrected chi connectivity index (χ2v) is 4.99. The highest BCUT2D eigenvalue weighted by Gasteiger charge is 2.32. The first-order valence-corrected chi connectivity index (χ1v) is 6.02. The van der Waals surface area contributed by atoms with Crippen LogP contribution in [0, 0.1) is 0 Å². The lowest BCUT2D eigenvalue weighted by atomic mass is 10.1. The predicted molar refractivity (Wildman–Crippen MR) is 64.3 cm³/mol. The van der Waals surface area contributed by atoms with Crippen LogP contribution >= 0.6 is 11.3 Å². The van der Waals surface area contributed by atoms with Crippen LogP contribution in [0.4, 0.5) is 13.2 Å². The third-order valence-electron chi connectivity index (χ3n) is 2.75. The molecule has 17 heavy (non-hydrogen) atoms. The lowest BCUT2D eigenvalue weighted by Gasteiger charge is -2.07. The molecule has 0 radical (unpaired) electrons. The Bertz CT molecular complexity index is 530. The van der Waals surface area contributed by atoms with Gasteiger partial charge in [-0.1, -0.05) is 6.07 Å². The summed E-state index contributed by atoms with van der Waals surface area (Å²) in [5, 5.41) is 3.32. The smallest absolute Gasteiger partial charge is 0.313 e. The molecule has 92 valence electrons. The van der Waals surface area contributed by atoms with Crippen LogP contribution in [0.15, 0.2) is 24.3 Å². The SMILES string of the molecule is CNC(C)c1cc2c(C(F)(F)F)cccc2s1. The largest absolute Gasteiger partial charge is 0.417 e. The van der Waals surface area contributed by atoms with Gasteiger partial charge >= 0.3 is 6.18 Å². The number of alkyl halides is 3. The molecule has 1 atom stereocenters. The van der Waals surface area contributed by atoms with Crippen LogP contribution in [0.5, 0.6) is 0 Å². The van der Waals surface area contributed by atoms with Crippen LogP contribution in [0.1, 0.15) is 23.4 Å². The van der Waals surface area contributed by atoms with E-state index in [1.165, 1.54) is 17.4 Å². The van der Waals surface area contributed by atoms with Crippen molar-refractivity contribution in [3.8, 4) is 0 Å². The summed E-state index contributed by atoms with van der Waals surface area (Å²) < 4.78 is 39.1. The van der Waals surface area contributed by atoms with Crippen LogP contribution in [0.2, 0.25) is 0 Å². The van der Waals surface area contributed by atoms with Gasteiger partial charge in [0.1, 0.15) is 0 Å². The maximum absolute atomic E-state index is 12.8. The fourth-order valence-electron chi connectivity index (χ4n) is 1.68. The van der Waals surface area contributed by atoms with Crippen molar-refractivity contribution in [2.75, 3.05) is 7.05 Å². The molecule has 0 fully saturated rings. The van der Waals surface area contributed by atoms with Gasteiger partial charge in [-0.2, -0.15) is 13.2 Å². The van der Waals surface area contributed by atoms with Crippen molar-refractivity contribution in [3.63, 3.8) is 0 Å². The molecule has 0 aliphatic heterocycles. The van der Waals surface area contributed by atoms with E-state index in [2.05, 4.69) is 5.32 Å². The second-order valence-electron chi connectivity index (χ2n) is 3.87. The van der Waals surface area contributed by atoms with Crippen molar-refractivity contribution in [2.24, 2.45) is 0 Å². The molecule has 1 heterocycles. The van der Waals surface area contributed by atoms with Gasteiger partial charge in [-0.25, -0.2) is 0 Å². The van der Waals surface area contributed by atoms with Gasteiger partial charge in [-0.15, -0.1) is 11.3 Å². The van der Waals surface area contributed by atoms with Gasteiger partial charge in [0.15, 0.2) is 0 Å². The van der Waals surface area contributed by atoms with Crippen molar-refractivity contribution < 1.29 is 13.2 Å². The predicted octanol–water partition coefficient (Wildman–Crippen LogP) is 4.20. The molecule has 0 aliphatic rings. The molecular weight excluding hydrogens is 247 g/mol. The molecule has 0 bridgehead atoms.